The molecule has 12 heavy (non-hydrogen) atoms. The quantitative estimate of drug-likeness (QED) is 0.577. The minimum Gasteiger partial charge on any atom is -0.483 e. The summed E-state index contributed by atoms with van der Waals surface area (Å²) in [7, 11) is 0. The monoisotopic (exact) mass is 163 g/mol. The van der Waals surface area contributed by atoms with Crippen molar-refractivity contribution in [2.75, 3.05) is 0 Å². The van der Waals surface area contributed by atoms with Crippen LogP contribution in [0.1, 0.15) is 19.4 Å². The lowest BCUT2D eigenvalue weighted by atomic mass is 10.0. The van der Waals surface area contributed by atoms with Gasteiger partial charge >= 0.3 is 0 Å². The fraction of sp³-hybridized carbons (Fsp3) is 0.400. The first-order valence-electron chi connectivity index (χ1n) is 4.06. The largest absolute Gasteiger partial charge is 0.483 e. The highest BCUT2D eigenvalue weighted by atomic mass is 16.5. The zero-order valence-corrected chi connectivity index (χ0v) is 7.26. The second kappa shape index (κ2) is 2.16. The van der Waals surface area contributed by atoms with Gasteiger partial charge in [-0.25, -0.2) is 0 Å². The summed E-state index contributed by atoms with van der Waals surface area (Å²) in [5, 5.41) is 11.3. The van der Waals surface area contributed by atoms with Crippen molar-refractivity contribution in [3.8, 4) is 11.5 Å². The van der Waals surface area contributed by atoms with E-state index in [1.165, 1.54) is 0 Å². The molecule has 1 radical (unpaired) electrons. The zero-order valence-electron chi connectivity index (χ0n) is 7.26. The van der Waals surface area contributed by atoms with Crippen LogP contribution in [0.3, 0.4) is 0 Å². The highest BCUT2D eigenvalue weighted by Crippen LogP contribution is 2.41. The molecule has 0 saturated heterocycles. The van der Waals surface area contributed by atoms with Gasteiger partial charge in [-0.3, -0.25) is 5.11 Å². The molecule has 0 bridgehead atoms. The van der Waals surface area contributed by atoms with Crippen molar-refractivity contribution < 1.29 is 9.84 Å². The third-order valence-corrected chi connectivity index (χ3v) is 2.05. The van der Waals surface area contributed by atoms with Crippen LogP contribution in [0.2, 0.25) is 0 Å². The van der Waals surface area contributed by atoms with Crippen molar-refractivity contribution in [3.63, 3.8) is 0 Å². The Balaban J connectivity index is 2.48. The third-order valence-electron chi connectivity index (χ3n) is 2.05. The summed E-state index contributed by atoms with van der Waals surface area (Å²) in [5.74, 6) is 0.542. The average Bonchev–Trinajstić information content (AvgIpc) is 2.25. The summed E-state index contributed by atoms with van der Waals surface area (Å²) in [4.78, 5) is 0. The molecule has 1 aliphatic rings. The van der Waals surface area contributed by atoms with Crippen molar-refractivity contribution in [1.82, 2.24) is 0 Å². The van der Waals surface area contributed by atoms with Crippen molar-refractivity contribution in [2.24, 2.45) is 0 Å². The molecule has 0 unspecified atom stereocenters. The van der Waals surface area contributed by atoms with Gasteiger partial charge in [-0.2, -0.15) is 0 Å². The van der Waals surface area contributed by atoms with Crippen LogP contribution in [-0.2, 0) is 11.5 Å². The number of hydrogen-bond donors (Lipinski definition) is 0. The Bertz CT molecular complexity index is 316. The van der Waals surface area contributed by atoms with E-state index in [4.69, 9.17) is 4.74 Å². The SMILES string of the molecule is CC1(C)Cc2cccc([O])c2O1. The molecule has 2 rings (SSSR count). The van der Waals surface area contributed by atoms with E-state index >= 15 is 0 Å². The Morgan fingerprint density at radius 1 is 1.42 bits per heavy atom. The lowest BCUT2D eigenvalue weighted by Crippen LogP contribution is -2.24. The first-order chi connectivity index (χ1) is 5.58. The number of fused-ring (bicyclic) bond motifs is 1. The minimum absolute atomic E-state index is 0.00178. The number of rotatable bonds is 0. The van der Waals surface area contributed by atoms with E-state index < -0.39 is 0 Å². The Hall–Kier alpha value is -1.18. The fourth-order valence-electron chi connectivity index (χ4n) is 1.59. The molecular formula is C10H11O2. The van der Waals surface area contributed by atoms with Crippen LogP contribution in [0.15, 0.2) is 18.2 Å². The fourth-order valence-corrected chi connectivity index (χ4v) is 1.59. The molecule has 0 spiro atoms. The number of benzene rings is 1. The minimum atomic E-state index is -0.206. The van der Waals surface area contributed by atoms with Crippen LogP contribution in [0.4, 0.5) is 0 Å². The van der Waals surface area contributed by atoms with Gasteiger partial charge in [-0.05, 0) is 19.9 Å². The third kappa shape index (κ3) is 1.04. The van der Waals surface area contributed by atoms with Crippen molar-refractivity contribution in [3.05, 3.63) is 23.8 Å². The second-order valence-electron chi connectivity index (χ2n) is 3.78. The van der Waals surface area contributed by atoms with E-state index in [2.05, 4.69) is 0 Å². The lowest BCUT2D eigenvalue weighted by Gasteiger charge is -2.16. The molecule has 0 fully saturated rings. The van der Waals surface area contributed by atoms with E-state index in [1.54, 1.807) is 12.1 Å². The van der Waals surface area contributed by atoms with Gasteiger partial charge in [0.15, 0.2) is 5.75 Å². The van der Waals surface area contributed by atoms with Crippen LogP contribution < -0.4 is 4.74 Å². The predicted octanol–water partition coefficient (Wildman–Crippen LogP) is 2.54. The van der Waals surface area contributed by atoms with Gasteiger partial charge < -0.3 is 4.74 Å². The summed E-state index contributed by atoms with van der Waals surface area (Å²) in [6, 6.07) is 5.28. The molecule has 0 atom stereocenters. The highest BCUT2D eigenvalue weighted by Gasteiger charge is 2.32. The van der Waals surface area contributed by atoms with Crippen LogP contribution in [0, 0.1) is 0 Å². The van der Waals surface area contributed by atoms with Gasteiger partial charge in [0, 0.05) is 12.0 Å². The molecule has 1 aliphatic heterocycles. The van der Waals surface area contributed by atoms with E-state index in [1.807, 2.05) is 19.9 Å². The summed E-state index contributed by atoms with van der Waals surface area (Å²) < 4.78 is 5.51. The molecule has 2 nitrogen and oxygen atoms in total. The normalized spacial score (nSPS) is 18.5. The van der Waals surface area contributed by atoms with Crippen molar-refractivity contribution >= 4 is 0 Å². The Morgan fingerprint density at radius 2 is 2.17 bits per heavy atom. The molecule has 0 saturated carbocycles. The van der Waals surface area contributed by atoms with Gasteiger partial charge in [0.1, 0.15) is 5.60 Å². The lowest BCUT2D eigenvalue weighted by molar-refractivity contribution is 0.131. The Morgan fingerprint density at radius 3 is 2.83 bits per heavy atom. The molecule has 0 amide bonds. The van der Waals surface area contributed by atoms with Crippen LogP contribution >= 0.6 is 0 Å². The first-order valence-corrected chi connectivity index (χ1v) is 4.06. The Kier molecular flexibility index (Phi) is 1.34. The maximum atomic E-state index is 11.3. The maximum Gasteiger partial charge on any atom is 0.220 e. The standard InChI is InChI=1S/C10H11O2/c1-10(2)6-7-4-3-5-8(11)9(7)12-10/h3-5H,6H2,1-2H3. The number of ether oxygens (including phenoxy) is 1. The highest BCUT2D eigenvalue weighted by molar-refractivity contribution is 5.48. The molecule has 0 aliphatic carbocycles. The predicted molar refractivity (Wildman–Crippen MR) is 45.0 cm³/mol. The molecule has 2 heteroatoms. The van der Waals surface area contributed by atoms with Crippen LogP contribution in [0.25, 0.3) is 0 Å². The van der Waals surface area contributed by atoms with Crippen molar-refractivity contribution in [2.45, 2.75) is 25.9 Å². The molecule has 1 aromatic carbocycles. The average molecular weight is 163 g/mol. The number of para-hydroxylation sites is 1. The van der Waals surface area contributed by atoms with Gasteiger partial charge in [-0.15, -0.1) is 0 Å². The van der Waals surface area contributed by atoms with E-state index in [-0.39, 0.29) is 11.4 Å². The van der Waals surface area contributed by atoms with E-state index in [0.29, 0.717) is 5.75 Å². The van der Waals surface area contributed by atoms with E-state index in [9.17, 15) is 5.11 Å². The molecular weight excluding hydrogens is 152 g/mol. The molecule has 0 aromatic heterocycles. The second-order valence-corrected chi connectivity index (χ2v) is 3.78. The summed E-state index contributed by atoms with van der Waals surface area (Å²) in [6.45, 7) is 3.98. The summed E-state index contributed by atoms with van der Waals surface area (Å²) in [6.07, 6.45) is 0.832. The van der Waals surface area contributed by atoms with Gasteiger partial charge in [0.25, 0.3) is 0 Å². The summed E-state index contributed by atoms with van der Waals surface area (Å²) in [5.41, 5.74) is 0.829. The first kappa shape index (κ1) is 7.47. The van der Waals surface area contributed by atoms with Crippen LogP contribution in [0.5, 0.6) is 11.5 Å². The maximum absolute atomic E-state index is 11.3. The van der Waals surface area contributed by atoms with Gasteiger partial charge in [-0.1, -0.05) is 12.1 Å². The number of hydrogen-bond acceptors (Lipinski definition) is 1. The van der Waals surface area contributed by atoms with E-state index in [0.717, 1.165) is 12.0 Å². The smallest absolute Gasteiger partial charge is 0.220 e. The van der Waals surface area contributed by atoms with Gasteiger partial charge in [0.05, 0.1) is 0 Å². The van der Waals surface area contributed by atoms with Crippen LogP contribution in [-0.4, -0.2) is 5.60 Å². The summed E-state index contributed by atoms with van der Waals surface area (Å²) >= 11 is 0. The molecule has 1 aromatic rings. The van der Waals surface area contributed by atoms with Crippen molar-refractivity contribution in [1.29, 1.82) is 0 Å². The Labute approximate surface area is 71.8 Å². The van der Waals surface area contributed by atoms with Gasteiger partial charge in [0.2, 0.25) is 5.75 Å². The molecule has 63 valence electrons. The molecule has 1 heterocycles. The topological polar surface area (TPSA) is 29.1 Å². The molecule has 0 N–H and O–H groups in total. The zero-order chi connectivity index (χ0) is 8.77.